The number of rotatable bonds is 12. The fourth-order valence-corrected chi connectivity index (χ4v) is 4.47. The van der Waals surface area contributed by atoms with E-state index in [0.29, 0.717) is 33.6 Å². The minimum absolute atomic E-state index is 0.0131. The van der Waals surface area contributed by atoms with Gasteiger partial charge in [0.15, 0.2) is 5.43 Å². The number of ether oxygens (including phenoxy) is 3. The lowest BCUT2D eigenvalue weighted by molar-refractivity contribution is -0.133. The van der Waals surface area contributed by atoms with Crippen LogP contribution < -0.4 is 14.9 Å². The van der Waals surface area contributed by atoms with E-state index in [1.54, 1.807) is 35.2 Å². The molecule has 0 bridgehead atoms. The van der Waals surface area contributed by atoms with Gasteiger partial charge in [-0.2, -0.15) is 0 Å². The predicted molar refractivity (Wildman–Crippen MR) is 155 cm³/mol. The fourth-order valence-electron chi connectivity index (χ4n) is 4.47. The summed E-state index contributed by atoms with van der Waals surface area (Å²) in [7, 11) is 4.53. The smallest absolute Gasteiger partial charge is 0.254 e. The monoisotopic (exact) mass is 558 g/mol. The number of hydrogen-bond donors (Lipinski definition) is 0. The second-order valence-corrected chi connectivity index (χ2v) is 9.65. The molecule has 0 saturated carbocycles. The molecule has 1 aromatic heterocycles. The average Bonchev–Trinajstić information content (AvgIpc) is 3.00. The largest absolute Gasteiger partial charge is 0.497 e. The second-order valence-electron chi connectivity index (χ2n) is 9.65. The molecule has 41 heavy (non-hydrogen) atoms. The van der Waals surface area contributed by atoms with Crippen LogP contribution in [0.4, 0.5) is 0 Å². The SMILES string of the molecule is COCCN(CC(=O)N(Cc1ccccc1)Cc1coc2ccc(C)cc2c1=O)C(=O)c1cc(OC)cc(OC)c1. The van der Waals surface area contributed by atoms with Crippen molar-refractivity contribution >= 4 is 22.8 Å². The van der Waals surface area contributed by atoms with Gasteiger partial charge in [0.1, 0.15) is 23.6 Å². The van der Waals surface area contributed by atoms with Crippen LogP contribution in [0.25, 0.3) is 11.0 Å². The van der Waals surface area contributed by atoms with Crippen molar-refractivity contribution in [1.82, 2.24) is 9.80 Å². The number of carbonyl (C=O) groups is 2. The van der Waals surface area contributed by atoms with Gasteiger partial charge < -0.3 is 28.4 Å². The van der Waals surface area contributed by atoms with E-state index in [-0.39, 0.29) is 50.0 Å². The van der Waals surface area contributed by atoms with Crippen LogP contribution in [0.3, 0.4) is 0 Å². The Morgan fingerprint density at radius 1 is 0.854 bits per heavy atom. The van der Waals surface area contributed by atoms with Crippen molar-refractivity contribution in [2.45, 2.75) is 20.0 Å². The first-order valence-corrected chi connectivity index (χ1v) is 13.2. The first kappa shape index (κ1) is 29.4. The molecule has 9 heteroatoms. The van der Waals surface area contributed by atoms with E-state index in [1.807, 2.05) is 43.3 Å². The third-order valence-electron chi connectivity index (χ3n) is 6.71. The van der Waals surface area contributed by atoms with Crippen LogP contribution >= 0.6 is 0 Å². The summed E-state index contributed by atoms with van der Waals surface area (Å²) >= 11 is 0. The zero-order valence-corrected chi connectivity index (χ0v) is 23.7. The first-order chi connectivity index (χ1) is 19.8. The van der Waals surface area contributed by atoms with Crippen LogP contribution in [0.5, 0.6) is 11.5 Å². The highest BCUT2D eigenvalue weighted by molar-refractivity contribution is 5.97. The number of amides is 2. The Kier molecular flexibility index (Phi) is 9.76. The maximum Gasteiger partial charge on any atom is 0.254 e. The van der Waals surface area contributed by atoms with Crippen molar-refractivity contribution in [3.63, 3.8) is 0 Å². The van der Waals surface area contributed by atoms with Gasteiger partial charge in [0.25, 0.3) is 5.91 Å². The number of aryl methyl sites for hydroxylation is 1. The van der Waals surface area contributed by atoms with E-state index in [0.717, 1.165) is 11.1 Å². The molecule has 9 nitrogen and oxygen atoms in total. The minimum atomic E-state index is -0.382. The first-order valence-electron chi connectivity index (χ1n) is 13.2. The molecular weight excluding hydrogens is 524 g/mol. The third-order valence-corrected chi connectivity index (χ3v) is 6.71. The summed E-state index contributed by atoms with van der Waals surface area (Å²) in [6.45, 7) is 2.33. The molecule has 3 aromatic carbocycles. The number of carbonyl (C=O) groups excluding carboxylic acids is 2. The highest BCUT2D eigenvalue weighted by Crippen LogP contribution is 2.24. The lowest BCUT2D eigenvalue weighted by atomic mass is 10.1. The Morgan fingerprint density at radius 3 is 2.22 bits per heavy atom. The Bertz CT molecular complexity index is 1540. The van der Waals surface area contributed by atoms with Crippen molar-refractivity contribution in [2.75, 3.05) is 41.0 Å². The van der Waals surface area contributed by atoms with Crippen LogP contribution in [0.2, 0.25) is 0 Å². The molecule has 0 saturated heterocycles. The minimum Gasteiger partial charge on any atom is -0.497 e. The van der Waals surface area contributed by atoms with E-state index in [2.05, 4.69) is 0 Å². The number of hydrogen-bond acceptors (Lipinski definition) is 7. The molecule has 0 N–H and O–H groups in total. The molecule has 0 aliphatic rings. The summed E-state index contributed by atoms with van der Waals surface area (Å²) in [4.78, 5) is 43.8. The maximum atomic E-state index is 13.8. The molecule has 0 spiro atoms. The Balaban J connectivity index is 1.65. The van der Waals surface area contributed by atoms with Gasteiger partial charge in [-0.25, -0.2) is 0 Å². The molecule has 0 unspecified atom stereocenters. The highest BCUT2D eigenvalue weighted by Gasteiger charge is 2.25. The molecule has 214 valence electrons. The Labute approximate surface area is 238 Å². The van der Waals surface area contributed by atoms with Gasteiger partial charge in [-0.1, -0.05) is 42.0 Å². The molecule has 4 rings (SSSR count). The molecule has 0 aliphatic heterocycles. The van der Waals surface area contributed by atoms with E-state index >= 15 is 0 Å². The van der Waals surface area contributed by atoms with Gasteiger partial charge >= 0.3 is 0 Å². The molecule has 2 amide bonds. The van der Waals surface area contributed by atoms with Crippen molar-refractivity contribution in [2.24, 2.45) is 0 Å². The lowest BCUT2D eigenvalue weighted by Crippen LogP contribution is -2.44. The van der Waals surface area contributed by atoms with Crippen LogP contribution in [0.1, 0.15) is 27.0 Å². The van der Waals surface area contributed by atoms with Gasteiger partial charge in [0.05, 0.1) is 44.6 Å². The van der Waals surface area contributed by atoms with Crippen LogP contribution in [-0.2, 0) is 22.6 Å². The van der Waals surface area contributed by atoms with Gasteiger partial charge in [-0.05, 0) is 36.8 Å². The van der Waals surface area contributed by atoms with Gasteiger partial charge in [0, 0.05) is 31.8 Å². The average molecular weight is 559 g/mol. The van der Waals surface area contributed by atoms with Crippen LogP contribution in [-0.4, -0.2) is 62.6 Å². The Morgan fingerprint density at radius 2 is 1.56 bits per heavy atom. The summed E-state index contributed by atoms with van der Waals surface area (Å²) in [6.07, 6.45) is 1.40. The van der Waals surface area contributed by atoms with Crippen molar-refractivity contribution in [3.8, 4) is 11.5 Å². The molecule has 0 atom stereocenters. The quantitative estimate of drug-likeness (QED) is 0.254. The van der Waals surface area contributed by atoms with Crippen molar-refractivity contribution in [1.29, 1.82) is 0 Å². The highest BCUT2D eigenvalue weighted by atomic mass is 16.5. The molecule has 1 heterocycles. The normalized spacial score (nSPS) is 10.8. The standard InChI is InChI=1S/C32H34N2O7/c1-22-10-11-29-28(14-22)31(36)25(21-41-29)19-34(18-23-8-6-5-7-9-23)30(35)20-33(12-13-38-2)32(37)24-15-26(39-3)17-27(16-24)40-4/h5-11,14-17,21H,12-13,18-20H2,1-4H3. The van der Waals surface area contributed by atoms with Gasteiger partial charge in [-0.3, -0.25) is 14.4 Å². The molecular formula is C32H34N2O7. The van der Waals surface area contributed by atoms with Crippen LogP contribution in [0, 0.1) is 6.92 Å². The summed E-state index contributed by atoms with van der Waals surface area (Å²) in [6, 6.07) is 19.7. The second kappa shape index (κ2) is 13.6. The van der Waals surface area contributed by atoms with E-state index in [9.17, 15) is 14.4 Å². The summed E-state index contributed by atoms with van der Waals surface area (Å²) in [5, 5.41) is 0.457. The Hall–Kier alpha value is -4.63. The number of fused-ring (bicyclic) bond motifs is 1. The van der Waals surface area contributed by atoms with E-state index in [4.69, 9.17) is 18.6 Å². The fraction of sp³-hybridized carbons (Fsp3) is 0.281. The lowest BCUT2D eigenvalue weighted by Gasteiger charge is -2.28. The van der Waals surface area contributed by atoms with E-state index in [1.165, 1.54) is 32.5 Å². The maximum absolute atomic E-state index is 13.8. The molecule has 0 aliphatic carbocycles. The van der Waals surface area contributed by atoms with Crippen LogP contribution in [0.15, 0.2) is 82.2 Å². The summed E-state index contributed by atoms with van der Waals surface area (Å²) in [5.41, 5.74) is 2.76. The van der Waals surface area contributed by atoms with Crippen molar-refractivity contribution < 1.29 is 28.2 Å². The van der Waals surface area contributed by atoms with E-state index < -0.39 is 0 Å². The number of benzene rings is 3. The predicted octanol–water partition coefficient (Wildman–Crippen LogP) is 4.44. The number of methoxy groups -OCH3 is 3. The molecule has 0 fully saturated rings. The van der Waals surface area contributed by atoms with Gasteiger partial charge in [0.2, 0.25) is 5.91 Å². The summed E-state index contributed by atoms with van der Waals surface area (Å²) in [5.74, 6) is 0.189. The molecule has 4 aromatic rings. The number of nitrogens with zero attached hydrogens (tertiary/aromatic N) is 2. The zero-order valence-electron chi connectivity index (χ0n) is 23.7. The summed E-state index contributed by atoms with van der Waals surface area (Å²) < 4.78 is 21.6. The molecule has 0 radical (unpaired) electrons. The van der Waals surface area contributed by atoms with Crippen molar-refractivity contribution in [3.05, 3.63) is 105 Å². The van der Waals surface area contributed by atoms with Gasteiger partial charge in [-0.15, -0.1) is 0 Å². The third kappa shape index (κ3) is 7.32. The zero-order chi connectivity index (χ0) is 29.4. The topological polar surface area (TPSA) is 98.5 Å².